The van der Waals surface area contributed by atoms with Gasteiger partial charge < -0.3 is 4.90 Å². The lowest BCUT2D eigenvalue weighted by Crippen LogP contribution is -2.37. The predicted molar refractivity (Wildman–Crippen MR) is 104 cm³/mol. The Morgan fingerprint density at radius 2 is 1.52 bits per heavy atom. The molecule has 0 N–H and O–H groups in total. The molecule has 0 saturated heterocycles. The molecule has 0 atom stereocenters. The highest BCUT2D eigenvalue weighted by molar-refractivity contribution is 7.92. The molecule has 0 unspecified atom stereocenters. The zero-order chi connectivity index (χ0) is 19.0. The molecule has 1 amide bonds. The fraction of sp³-hybridized carbons (Fsp3) is 0.632. The molecule has 25 heavy (non-hydrogen) atoms. The van der Waals surface area contributed by atoms with Gasteiger partial charge in [-0.1, -0.05) is 39.8 Å². The van der Waals surface area contributed by atoms with Gasteiger partial charge in [0.2, 0.25) is 15.9 Å². The van der Waals surface area contributed by atoms with Crippen LogP contribution in [0.4, 0.5) is 5.69 Å². The number of carbonyl (C=O) groups excluding carboxylic acids is 1. The number of rotatable bonds is 10. The Hall–Kier alpha value is -1.56. The molecule has 0 radical (unpaired) electrons. The Kier molecular flexibility index (Phi) is 8.42. The van der Waals surface area contributed by atoms with E-state index in [1.54, 1.807) is 0 Å². The van der Waals surface area contributed by atoms with Crippen LogP contribution in [0.5, 0.6) is 0 Å². The SMILES string of the molecule is CCCN(CCC)C(=O)CCN(c1ccc(C(C)C)cc1)S(C)(=O)=O. The third-order valence-corrected chi connectivity index (χ3v) is 5.31. The van der Waals surface area contributed by atoms with E-state index in [0.717, 1.165) is 18.4 Å². The molecule has 0 spiro atoms. The summed E-state index contributed by atoms with van der Waals surface area (Å²) in [4.78, 5) is 14.3. The lowest BCUT2D eigenvalue weighted by molar-refractivity contribution is -0.131. The van der Waals surface area contributed by atoms with Crippen molar-refractivity contribution in [3.05, 3.63) is 29.8 Å². The molecule has 1 aromatic rings. The highest BCUT2D eigenvalue weighted by Gasteiger charge is 2.20. The normalized spacial score (nSPS) is 11.6. The van der Waals surface area contributed by atoms with Crippen molar-refractivity contribution in [2.45, 2.75) is 52.9 Å². The van der Waals surface area contributed by atoms with E-state index in [9.17, 15) is 13.2 Å². The predicted octanol–water partition coefficient (Wildman–Crippen LogP) is 3.61. The standard InChI is InChI=1S/C19H32N2O3S/c1-6-13-20(14-7-2)19(22)12-15-21(25(5,23)24)18-10-8-17(9-11-18)16(3)4/h8-11,16H,6-7,12-15H2,1-5H3. The molecule has 0 heterocycles. The van der Waals surface area contributed by atoms with Crippen molar-refractivity contribution >= 4 is 21.6 Å². The number of benzene rings is 1. The summed E-state index contributed by atoms with van der Waals surface area (Å²) in [6.07, 6.45) is 3.18. The van der Waals surface area contributed by atoms with E-state index >= 15 is 0 Å². The molecule has 142 valence electrons. The first-order valence-electron chi connectivity index (χ1n) is 9.06. The summed E-state index contributed by atoms with van der Waals surface area (Å²) in [5, 5.41) is 0. The number of amides is 1. The minimum Gasteiger partial charge on any atom is -0.343 e. The van der Waals surface area contributed by atoms with Gasteiger partial charge in [0.1, 0.15) is 0 Å². The topological polar surface area (TPSA) is 57.7 Å². The third-order valence-electron chi connectivity index (χ3n) is 4.12. The number of nitrogens with zero attached hydrogens (tertiary/aromatic N) is 2. The molecule has 1 aromatic carbocycles. The molecular formula is C19H32N2O3S. The zero-order valence-electron chi connectivity index (χ0n) is 16.2. The van der Waals surface area contributed by atoms with Crippen LogP contribution in [0.25, 0.3) is 0 Å². The summed E-state index contributed by atoms with van der Waals surface area (Å²) in [5.41, 5.74) is 1.77. The van der Waals surface area contributed by atoms with Crippen molar-refractivity contribution < 1.29 is 13.2 Å². The van der Waals surface area contributed by atoms with Gasteiger partial charge in [0.25, 0.3) is 0 Å². The highest BCUT2D eigenvalue weighted by Crippen LogP contribution is 2.22. The smallest absolute Gasteiger partial charge is 0.232 e. The third kappa shape index (κ3) is 6.69. The van der Waals surface area contributed by atoms with Gasteiger partial charge in [-0.15, -0.1) is 0 Å². The Bertz CT molecular complexity index is 633. The molecule has 0 aliphatic heterocycles. The van der Waals surface area contributed by atoms with E-state index in [4.69, 9.17) is 0 Å². The summed E-state index contributed by atoms with van der Waals surface area (Å²) >= 11 is 0. The molecular weight excluding hydrogens is 336 g/mol. The van der Waals surface area contributed by atoms with Crippen LogP contribution in [0.3, 0.4) is 0 Å². The number of carbonyl (C=O) groups is 1. The van der Waals surface area contributed by atoms with E-state index in [2.05, 4.69) is 13.8 Å². The van der Waals surface area contributed by atoms with Crippen molar-refractivity contribution in [1.29, 1.82) is 0 Å². The first kappa shape index (κ1) is 21.5. The summed E-state index contributed by atoms with van der Waals surface area (Å²) < 4.78 is 25.7. The summed E-state index contributed by atoms with van der Waals surface area (Å²) in [5.74, 6) is 0.398. The van der Waals surface area contributed by atoms with Gasteiger partial charge in [-0.05, 0) is 36.5 Å². The molecule has 0 aromatic heterocycles. The molecule has 0 aliphatic carbocycles. The van der Waals surface area contributed by atoms with Crippen LogP contribution in [-0.2, 0) is 14.8 Å². The maximum Gasteiger partial charge on any atom is 0.232 e. The van der Waals surface area contributed by atoms with Crippen LogP contribution in [0.15, 0.2) is 24.3 Å². The molecule has 1 rings (SSSR count). The maximum absolute atomic E-state index is 12.4. The Morgan fingerprint density at radius 1 is 1.00 bits per heavy atom. The number of hydrogen-bond donors (Lipinski definition) is 0. The van der Waals surface area contributed by atoms with Crippen molar-refractivity contribution in [3.8, 4) is 0 Å². The zero-order valence-corrected chi connectivity index (χ0v) is 17.0. The highest BCUT2D eigenvalue weighted by atomic mass is 32.2. The summed E-state index contributed by atoms with van der Waals surface area (Å²) in [6.45, 7) is 9.87. The summed E-state index contributed by atoms with van der Waals surface area (Å²) in [7, 11) is -3.43. The molecule has 0 fully saturated rings. The van der Waals surface area contributed by atoms with Gasteiger partial charge in [0.15, 0.2) is 0 Å². The second-order valence-corrected chi connectivity index (χ2v) is 8.62. The van der Waals surface area contributed by atoms with E-state index < -0.39 is 10.0 Å². The van der Waals surface area contributed by atoms with Gasteiger partial charge >= 0.3 is 0 Å². The van der Waals surface area contributed by atoms with Crippen LogP contribution in [0, 0.1) is 0 Å². The van der Waals surface area contributed by atoms with Gasteiger partial charge in [-0.2, -0.15) is 0 Å². The van der Waals surface area contributed by atoms with Crippen LogP contribution < -0.4 is 4.31 Å². The van der Waals surface area contributed by atoms with Gasteiger partial charge in [-0.3, -0.25) is 9.10 Å². The molecule has 0 aliphatic rings. The minimum atomic E-state index is -3.43. The van der Waals surface area contributed by atoms with Crippen LogP contribution in [0.2, 0.25) is 0 Å². The van der Waals surface area contributed by atoms with Gasteiger partial charge in [0, 0.05) is 26.1 Å². The van der Waals surface area contributed by atoms with Crippen LogP contribution >= 0.6 is 0 Å². The number of anilines is 1. The first-order valence-corrected chi connectivity index (χ1v) is 10.9. The number of sulfonamides is 1. The maximum atomic E-state index is 12.4. The fourth-order valence-electron chi connectivity index (χ4n) is 2.77. The fourth-order valence-corrected chi connectivity index (χ4v) is 3.70. The van der Waals surface area contributed by atoms with E-state index in [-0.39, 0.29) is 18.9 Å². The largest absolute Gasteiger partial charge is 0.343 e. The Morgan fingerprint density at radius 3 is 1.92 bits per heavy atom. The van der Waals surface area contributed by atoms with Crippen LogP contribution in [-0.4, -0.2) is 45.1 Å². The first-order chi connectivity index (χ1) is 11.7. The minimum absolute atomic E-state index is 0.0103. The molecule has 5 nitrogen and oxygen atoms in total. The lowest BCUT2D eigenvalue weighted by Gasteiger charge is -2.26. The Labute approximate surface area is 153 Å². The molecule has 0 saturated carbocycles. The van der Waals surface area contributed by atoms with E-state index in [0.29, 0.717) is 24.7 Å². The van der Waals surface area contributed by atoms with Gasteiger partial charge in [-0.25, -0.2) is 8.42 Å². The van der Waals surface area contributed by atoms with Gasteiger partial charge in [0.05, 0.1) is 11.9 Å². The molecule has 6 heteroatoms. The average Bonchev–Trinajstić information content (AvgIpc) is 2.53. The van der Waals surface area contributed by atoms with Crippen molar-refractivity contribution in [3.63, 3.8) is 0 Å². The van der Waals surface area contributed by atoms with Crippen molar-refractivity contribution in [2.75, 3.05) is 30.2 Å². The van der Waals surface area contributed by atoms with Crippen molar-refractivity contribution in [2.24, 2.45) is 0 Å². The second kappa shape index (κ2) is 9.80. The monoisotopic (exact) mass is 368 g/mol. The lowest BCUT2D eigenvalue weighted by atomic mass is 10.0. The summed E-state index contributed by atoms with van der Waals surface area (Å²) in [6, 6.07) is 7.52. The second-order valence-electron chi connectivity index (χ2n) is 6.71. The van der Waals surface area contributed by atoms with E-state index in [1.807, 2.05) is 43.0 Å². The Balaban J connectivity index is 2.89. The van der Waals surface area contributed by atoms with Crippen LogP contribution in [0.1, 0.15) is 58.4 Å². The average molecular weight is 369 g/mol. The quantitative estimate of drug-likeness (QED) is 0.634. The van der Waals surface area contributed by atoms with Crippen molar-refractivity contribution in [1.82, 2.24) is 4.90 Å². The number of hydrogen-bond acceptors (Lipinski definition) is 3. The molecule has 0 bridgehead atoms. The van der Waals surface area contributed by atoms with E-state index in [1.165, 1.54) is 10.6 Å².